The molecule has 1 atom stereocenters. The van der Waals surface area contributed by atoms with Crippen molar-refractivity contribution >= 4 is 35.0 Å². The molecule has 0 saturated carbocycles. The summed E-state index contributed by atoms with van der Waals surface area (Å²) in [6, 6.07) is 10.2. The molecule has 0 bridgehead atoms. The molecule has 0 radical (unpaired) electrons. The highest BCUT2D eigenvalue weighted by Gasteiger charge is 2.26. The zero-order valence-electron chi connectivity index (χ0n) is 15.0. The lowest BCUT2D eigenvalue weighted by Gasteiger charge is -2.32. The molecule has 0 spiro atoms. The molecular weight excluding hydrogens is 368 g/mol. The molecule has 1 fully saturated rings. The molecule has 2 heterocycles. The van der Waals surface area contributed by atoms with E-state index in [1.54, 1.807) is 37.3 Å². The molecular formula is C19H21ClN4O3. The van der Waals surface area contributed by atoms with Gasteiger partial charge in [-0.05, 0) is 56.2 Å². The van der Waals surface area contributed by atoms with Gasteiger partial charge in [-0.2, -0.15) is 0 Å². The predicted octanol–water partition coefficient (Wildman–Crippen LogP) is 3.16. The number of aromatic nitrogens is 2. The highest BCUT2D eigenvalue weighted by atomic mass is 35.5. The fraction of sp³-hybridized carbons (Fsp3) is 0.368. The van der Waals surface area contributed by atoms with Gasteiger partial charge in [0.25, 0.3) is 0 Å². The molecule has 7 nitrogen and oxygen atoms in total. The molecule has 1 aromatic heterocycles. The zero-order valence-corrected chi connectivity index (χ0v) is 15.8. The third-order valence-corrected chi connectivity index (χ3v) is 4.60. The van der Waals surface area contributed by atoms with Crippen LogP contribution in [0.3, 0.4) is 0 Å². The molecule has 1 amide bonds. The van der Waals surface area contributed by atoms with Gasteiger partial charge in [-0.3, -0.25) is 4.79 Å². The summed E-state index contributed by atoms with van der Waals surface area (Å²) < 4.78 is 4.95. The minimum absolute atomic E-state index is 0.0505. The van der Waals surface area contributed by atoms with Gasteiger partial charge in [0.2, 0.25) is 5.91 Å². The maximum atomic E-state index is 12.6. The maximum Gasteiger partial charge on any atom is 0.338 e. The third-order valence-electron chi connectivity index (χ3n) is 4.40. The number of hydrogen-bond acceptors (Lipinski definition) is 6. The Bertz CT molecular complexity index is 796. The minimum atomic E-state index is -0.373. The number of ether oxygens (including phenoxy) is 1. The number of benzene rings is 1. The molecule has 1 aromatic carbocycles. The molecule has 8 heteroatoms. The molecule has 0 unspecified atom stereocenters. The van der Waals surface area contributed by atoms with Crippen molar-refractivity contribution in [2.24, 2.45) is 5.92 Å². The Hall–Kier alpha value is -2.67. The summed E-state index contributed by atoms with van der Waals surface area (Å²) in [5, 5.41) is 11.2. The first kappa shape index (κ1) is 19.1. The van der Waals surface area contributed by atoms with Crippen LogP contribution in [0.2, 0.25) is 5.15 Å². The highest BCUT2D eigenvalue weighted by Crippen LogP contribution is 2.23. The van der Waals surface area contributed by atoms with Crippen LogP contribution in [0.25, 0.3) is 0 Å². The number of rotatable bonds is 5. The van der Waals surface area contributed by atoms with Gasteiger partial charge in [0.05, 0.1) is 18.1 Å². The maximum absolute atomic E-state index is 12.6. The van der Waals surface area contributed by atoms with Crippen LogP contribution in [-0.4, -0.2) is 41.8 Å². The smallest absolute Gasteiger partial charge is 0.338 e. The van der Waals surface area contributed by atoms with E-state index in [-0.39, 0.29) is 17.8 Å². The van der Waals surface area contributed by atoms with Crippen LogP contribution in [0, 0.1) is 5.92 Å². The monoisotopic (exact) mass is 388 g/mol. The molecule has 142 valence electrons. The van der Waals surface area contributed by atoms with E-state index in [9.17, 15) is 9.59 Å². The number of nitrogens with one attached hydrogen (secondary N) is 1. The number of esters is 1. The molecule has 27 heavy (non-hydrogen) atoms. The SMILES string of the molecule is CCOC(=O)c1ccc(NC(=O)[C@@H]2CCCN(c3ccc(Cl)nn3)C2)cc1. The number of halogens is 1. The molecule has 2 aromatic rings. The van der Waals surface area contributed by atoms with Crippen molar-refractivity contribution in [2.75, 3.05) is 29.9 Å². The van der Waals surface area contributed by atoms with Crippen molar-refractivity contribution in [3.8, 4) is 0 Å². The molecule has 1 aliphatic rings. The number of hydrogen-bond donors (Lipinski definition) is 1. The quantitative estimate of drug-likeness (QED) is 0.792. The van der Waals surface area contributed by atoms with Crippen molar-refractivity contribution in [3.05, 3.63) is 47.1 Å². The van der Waals surface area contributed by atoms with Crippen LogP contribution >= 0.6 is 11.6 Å². The van der Waals surface area contributed by atoms with Crippen LogP contribution in [-0.2, 0) is 9.53 Å². The molecule has 1 saturated heterocycles. The van der Waals surface area contributed by atoms with E-state index in [4.69, 9.17) is 16.3 Å². The van der Waals surface area contributed by atoms with E-state index in [0.29, 0.717) is 29.6 Å². The van der Waals surface area contributed by atoms with Gasteiger partial charge in [-0.25, -0.2) is 4.79 Å². The fourth-order valence-electron chi connectivity index (χ4n) is 3.03. The van der Waals surface area contributed by atoms with E-state index >= 15 is 0 Å². The number of anilines is 2. The van der Waals surface area contributed by atoms with E-state index in [0.717, 1.165) is 25.2 Å². The largest absolute Gasteiger partial charge is 0.462 e. The van der Waals surface area contributed by atoms with Gasteiger partial charge in [-0.1, -0.05) is 11.6 Å². The van der Waals surface area contributed by atoms with Crippen molar-refractivity contribution in [1.29, 1.82) is 0 Å². The minimum Gasteiger partial charge on any atom is -0.462 e. The summed E-state index contributed by atoms with van der Waals surface area (Å²) in [7, 11) is 0. The molecule has 1 aliphatic heterocycles. The summed E-state index contributed by atoms with van der Waals surface area (Å²) in [6.07, 6.45) is 1.70. The topological polar surface area (TPSA) is 84.4 Å². The van der Waals surface area contributed by atoms with Gasteiger partial charge in [-0.15, -0.1) is 10.2 Å². The number of amides is 1. The Kier molecular flexibility index (Phi) is 6.24. The summed E-state index contributed by atoms with van der Waals surface area (Å²) in [6.45, 7) is 3.49. The van der Waals surface area contributed by atoms with Crippen LogP contribution in [0.5, 0.6) is 0 Å². The Morgan fingerprint density at radius 3 is 2.67 bits per heavy atom. The van der Waals surface area contributed by atoms with Crippen molar-refractivity contribution < 1.29 is 14.3 Å². The number of carbonyl (C=O) groups is 2. The van der Waals surface area contributed by atoms with Crippen LogP contribution < -0.4 is 10.2 Å². The van der Waals surface area contributed by atoms with E-state index in [1.165, 1.54) is 0 Å². The third kappa shape index (κ3) is 4.95. The highest BCUT2D eigenvalue weighted by molar-refractivity contribution is 6.29. The second-order valence-electron chi connectivity index (χ2n) is 6.29. The van der Waals surface area contributed by atoms with E-state index < -0.39 is 0 Å². The average Bonchev–Trinajstić information content (AvgIpc) is 2.69. The second kappa shape index (κ2) is 8.81. The number of nitrogens with zero attached hydrogens (tertiary/aromatic N) is 3. The summed E-state index contributed by atoms with van der Waals surface area (Å²) in [5.74, 6) is 0.143. The lowest BCUT2D eigenvalue weighted by Crippen LogP contribution is -2.41. The summed E-state index contributed by atoms with van der Waals surface area (Å²) in [4.78, 5) is 26.4. The Morgan fingerprint density at radius 1 is 1.22 bits per heavy atom. The first-order valence-electron chi connectivity index (χ1n) is 8.89. The van der Waals surface area contributed by atoms with Gasteiger partial charge < -0.3 is 15.0 Å². The lowest BCUT2D eigenvalue weighted by molar-refractivity contribution is -0.120. The van der Waals surface area contributed by atoms with Gasteiger partial charge in [0, 0.05) is 18.8 Å². The average molecular weight is 389 g/mol. The summed E-state index contributed by atoms with van der Waals surface area (Å²) in [5.41, 5.74) is 1.11. The standard InChI is InChI=1S/C19H21ClN4O3/c1-2-27-19(26)13-5-7-15(8-6-13)21-18(25)14-4-3-11-24(12-14)17-10-9-16(20)22-23-17/h5-10,14H,2-4,11-12H2,1H3,(H,21,25)/t14-/m1/s1. The summed E-state index contributed by atoms with van der Waals surface area (Å²) >= 11 is 5.78. The molecule has 1 N–H and O–H groups in total. The number of carbonyl (C=O) groups excluding carboxylic acids is 2. The number of piperidine rings is 1. The zero-order chi connectivity index (χ0) is 19.2. The van der Waals surface area contributed by atoms with Crippen molar-refractivity contribution in [3.63, 3.8) is 0 Å². The molecule has 3 rings (SSSR count). The van der Waals surface area contributed by atoms with Crippen molar-refractivity contribution in [2.45, 2.75) is 19.8 Å². The Morgan fingerprint density at radius 2 is 2.00 bits per heavy atom. The van der Waals surface area contributed by atoms with Crippen LogP contribution in [0.15, 0.2) is 36.4 Å². The van der Waals surface area contributed by atoms with Crippen LogP contribution in [0.4, 0.5) is 11.5 Å². The second-order valence-corrected chi connectivity index (χ2v) is 6.67. The Labute approximate surface area is 162 Å². The first-order chi connectivity index (χ1) is 13.1. The van der Waals surface area contributed by atoms with E-state index in [1.807, 2.05) is 11.0 Å². The van der Waals surface area contributed by atoms with Gasteiger partial charge in [0.15, 0.2) is 11.0 Å². The van der Waals surface area contributed by atoms with Gasteiger partial charge in [0.1, 0.15) is 0 Å². The van der Waals surface area contributed by atoms with Crippen LogP contribution in [0.1, 0.15) is 30.1 Å². The molecule has 0 aliphatic carbocycles. The normalized spacial score (nSPS) is 16.7. The van der Waals surface area contributed by atoms with Gasteiger partial charge >= 0.3 is 5.97 Å². The lowest BCUT2D eigenvalue weighted by atomic mass is 9.97. The fourth-order valence-corrected chi connectivity index (χ4v) is 3.13. The Balaban J connectivity index is 1.60. The van der Waals surface area contributed by atoms with Crippen molar-refractivity contribution in [1.82, 2.24) is 10.2 Å². The van der Waals surface area contributed by atoms with E-state index in [2.05, 4.69) is 15.5 Å². The first-order valence-corrected chi connectivity index (χ1v) is 9.27. The predicted molar refractivity (Wildman–Crippen MR) is 103 cm³/mol.